The van der Waals surface area contributed by atoms with Crippen molar-refractivity contribution in [2.24, 2.45) is 0 Å². The van der Waals surface area contributed by atoms with Crippen LogP contribution in [0.2, 0.25) is 0 Å². The molecule has 0 aliphatic heterocycles. The zero-order valence-corrected chi connectivity index (χ0v) is 21.9. The molecule has 0 saturated heterocycles. The van der Waals surface area contributed by atoms with Gasteiger partial charge in [0.15, 0.2) is 0 Å². The molecule has 0 aliphatic carbocycles. The number of hydrogen-bond acceptors (Lipinski definition) is 6. The Hall–Kier alpha value is -3.62. The maximum Gasteiger partial charge on any atom is 0.272 e. The fraction of sp³-hybridized carbons (Fsp3) is 0.357. The van der Waals surface area contributed by atoms with Crippen LogP contribution in [0.25, 0.3) is 12.2 Å². The van der Waals surface area contributed by atoms with Crippen LogP contribution in [0.5, 0.6) is 11.5 Å². The molecule has 3 rings (SSSR count). The minimum Gasteiger partial charge on any atom is -0.492 e. The summed E-state index contributed by atoms with van der Waals surface area (Å²) in [7, 11) is 7.98. The van der Waals surface area contributed by atoms with E-state index in [1.807, 2.05) is 76.7 Å². The van der Waals surface area contributed by atoms with Gasteiger partial charge in [0.05, 0.1) is 0 Å². The average Bonchev–Trinajstić information content (AvgIpc) is 2.85. The summed E-state index contributed by atoms with van der Waals surface area (Å²) in [6, 6.07) is 15.2. The first kappa shape index (κ1) is 27.0. The van der Waals surface area contributed by atoms with Crippen molar-refractivity contribution in [3.63, 3.8) is 0 Å². The van der Waals surface area contributed by atoms with Crippen LogP contribution in [0.4, 0.5) is 0 Å². The van der Waals surface area contributed by atoms with Crippen LogP contribution >= 0.6 is 0 Å². The minimum atomic E-state index is -0.399. The van der Waals surface area contributed by atoms with Crippen LogP contribution in [0.1, 0.15) is 25.0 Å². The number of aromatic amines is 2. The molecule has 1 aromatic heterocycles. The third-order valence-corrected chi connectivity index (χ3v) is 6.12. The van der Waals surface area contributed by atoms with E-state index in [4.69, 9.17) is 9.47 Å². The molecule has 8 heteroatoms. The third-order valence-electron chi connectivity index (χ3n) is 6.12. The molecule has 192 valence electrons. The van der Waals surface area contributed by atoms with Gasteiger partial charge in [-0.05, 0) is 71.9 Å². The van der Waals surface area contributed by atoms with Crippen molar-refractivity contribution in [1.29, 1.82) is 0 Å². The molecule has 36 heavy (non-hydrogen) atoms. The molecular formula is C28H36N4O4. The first-order chi connectivity index (χ1) is 17.1. The summed E-state index contributed by atoms with van der Waals surface area (Å²) < 4.78 is 12.1. The van der Waals surface area contributed by atoms with E-state index in [1.165, 1.54) is 0 Å². The van der Waals surface area contributed by atoms with Crippen molar-refractivity contribution in [3.05, 3.63) is 91.1 Å². The van der Waals surface area contributed by atoms with Crippen LogP contribution in [-0.2, 0) is 0 Å². The molecule has 8 nitrogen and oxygen atoms in total. The topological polar surface area (TPSA) is 90.7 Å². The van der Waals surface area contributed by atoms with E-state index in [0.717, 1.165) is 5.56 Å². The highest BCUT2D eigenvalue weighted by atomic mass is 16.5. The van der Waals surface area contributed by atoms with Crippen LogP contribution in [-0.4, -0.2) is 73.3 Å². The van der Waals surface area contributed by atoms with Crippen molar-refractivity contribution < 1.29 is 9.47 Å². The van der Waals surface area contributed by atoms with Gasteiger partial charge in [0.2, 0.25) is 0 Å². The van der Waals surface area contributed by atoms with Crippen LogP contribution < -0.4 is 31.3 Å². The molecule has 2 aromatic carbocycles. The molecule has 3 aromatic rings. The monoisotopic (exact) mass is 492 g/mol. The second-order valence-corrected chi connectivity index (χ2v) is 9.38. The fourth-order valence-electron chi connectivity index (χ4n) is 3.14. The lowest BCUT2D eigenvalue weighted by Crippen LogP contribution is -2.46. The standard InChI is InChI=1S/C28H36N4O4/c1-19(31(3)4)17-35-23-13-12-22(26(16-23)36-18-20(2)32(5)6)15-25-28(34)29-24(27(33)30-25)14-21-10-8-7-9-11-21/h7-16,19-20H,17-18H2,1-6H3,(H,29,34)(H,30,33). The zero-order valence-electron chi connectivity index (χ0n) is 21.9. The number of aromatic nitrogens is 2. The zero-order chi connectivity index (χ0) is 26.2. The predicted octanol–water partition coefficient (Wildman–Crippen LogP) is 1.38. The van der Waals surface area contributed by atoms with E-state index in [2.05, 4.69) is 33.6 Å². The number of likely N-dealkylation sites (N-methyl/N-ethyl adjacent to an activating group) is 2. The van der Waals surface area contributed by atoms with Gasteiger partial charge in [-0.2, -0.15) is 0 Å². The van der Waals surface area contributed by atoms with Gasteiger partial charge >= 0.3 is 0 Å². The van der Waals surface area contributed by atoms with E-state index in [1.54, 1.807) is 12.2 Å². The van der Waals surface area contributed by atoms with E-state index >= 15 is 0 Å². The molecule has 0 bridgehead atoms. The first-order valence-electron chi connectivity index (χ1n) is 12.0. The van der Waals surface area contributed by atoms with Gasteiger partial charge in [0, 0.05) is 23.7 Å². The Balaban J connectivity index is 1.99. The largest absolute Gasteiger partial charge is 0.492 e. The van der Waals surface area contributed by atoms with Crippen LogP contribution in [0.15, 0.2) is 58.1 Å². The molecular weight excluding hydrogens is 456 g/mol. The number of rotatable bonds is 10. The molecule has 0 spiro atoms. The SMILES string of the molecule is CC(COc1ccc(C=c2[nH]c(=O)c(=Cc3ccccc3)[nH]c2=O)c(OCC(C)N(C)C)c1)N(C)C. The molecule has 0 radical (unpaired) electrons. The quantitative estimate of drug-likeness (QED) is 0.445. The summed E-state index contributed by atoms with van der Waals surface area (Å²) in [6.45, 7) is 5.12. The molecule has 0 amide bonds. The van der Waals surface area contributed by atoms with Gasteiger partial charge in [-0.15, -0.1) is 0 Å². The van der Waals surface area contributed by atoms with E-state index in [-0.39, 0.29) is 28.3 Å². The summed E-state index contributed by atoms with van der Waals surface area (Å²) >= 11 is 0. The summed E-state index contributed by atoms with van der Waals surface area (Å²) in [5.41, 5.74) is 0.700. The van der Waals surface area contributed by atoms with Crippen LogP contribution in [0.3, 0.4) is 0 Å². The molecule has 2 N–H and O–H groups in total. The molecule has 0 saturated carbocycles. The Morgan fingerprint density at radius 2 is 1.33 bits per heavy atom. The van der Waals surface area contributed by atoms with Crippen LogP contribution in [0, 0.1) is 0 Å². The number of nitrogens with zero attached hydrogens (tertiary/aromatic N) is 2. The lowest BCUT2D eigenvalue weighted by atomic mass is 10.1. The molecule has 2 atom stereocenters. The summed E-state index contributed by atoms with van der Waals surface area (Å²) in [5.74, 6) is 1.24. The van der Waals surface area contributed by atoms with Gasteiger partial charge in [-0.25, -0.2) is 0 Å². The lowest BCUT2D eigenvalue weighted by molar-refractivity contribution is 0.191. The summed E-state index contributed by atoms with van der Waals surface area (Å²) in [6.07, 6.45) is 3.26. The second kappa shape index (κ2) is 12.4. The second-order valence-electron chi connectivity index (χ2n) is 9.38. The maximum absolute atomic E-state index is 12.8. The van der Waals surface area contributed by atoms with Crippen molar-refractivity contribution in [1.82, 2.24) is 19.8 Å². The predicted molar refractivity (Wildman–Crippen MR) is 144 cm³/mol. The Labute approximate surface area is 211 Å². The highest BCUT2D eigenvalue weighted by molar-refractivity contribution is 5.58. The molecule has 1 heterocycles. The number of ether oxygens (including phenoxy) is 2. The van der Waals surface area contributed by atoms with Gasteiger partial charge < -0.3 is 29.2 Å². The Bertz CT molecular complexity index is 1380. The Morgan fingerprint density at radius 1 is 0.778 bits per heavy atom. The Kier molecular flexibility index (Phi) is 9.27. The van der Waals surface area contributed by atoms with E-state index in [9.17, 15) is 9.59 Å². The highest BCUT2D eigenvalue weighted by Crippen LogP contribution is 2.26. The average molecular weight is 493 g/mol. The number of benzene rings is 2. The maximum atomic E-state index is 12.8. The van der Waals surface area contributed by atoms with Crippen molar-refractivity contribution in [2.75, 3.05) is 41.4 Å². The van der Waals surface area contributed by atoms with Gasteiger partial charge in [-0.1, -0.05) is 30.3 Å². The Morgan fingerprint density at radius 3 is 1.92 bits per heavy atom. The summed E-state index contributed by atoms with van der Waals surface area (Å²) in [4.78, 5) is 35.0. The third kappa shape index (κ3) is 7.44. The van der Waals surface area contributed by atoms with Crippen molar-refractivity contribution in [3.8, 4) is 11.5 Å². The molecule has 0 aliphatic rings. The lowest BCUT2D eigenvalue weighted by Gasteiger charge is -2.22. The number of nitrogens with one attached hydrogen (secondary N) is 2. The van der Waals surface area contributed by atoms with Gasteiger partial charge in [-0.3, -0.25) is 9.59 Å². The van der Waals surface area contributed by atoms with Gasteiger partial charge in [0.1, 0.15) is 35.4 Å². The van der Waals surface area contributed by atoms with Crippen molar-refractivity contribution in [2.45, 2.75) is 25.9 Å². The van der Waals surface area contributed by atoms with E-state index in [0.29, 0.717) is 30.3 Å². The van der Waals surface area contributed by atoms with Crippen molar-refractivity contribution >= 4 is 12.2 Å². The van der Waals surface area contributed by atoms with E-state index < -0.39 is 5.56 Å². The highest BCUT2D eigenvalue weighted by Gasteiger charge is 2.11. The normalized spacial score (nSPS) is 14.3. The molecule has 2 unspecified atom stereocenters. The van der Waals surface area contributed by atoms with Gasteiger partial charge in [0.25, 0.3) is 11.1 Å². The minimum absolute atomic E-state index is 0.144. The number of hydrogen-bond donors (Lipinski definition) is 2. The smallest absolute Gasteiger partial charge is 0.272 e. The summed E-state index contributed by atoms with van der Waals surface area (Å²) in [5, 5.41) is 0.337. The molecule has 0 fully saturated rings. The first-order valence-corrected chi connectivity index (χ1v) is 12.0. The fourth-order valence-corrected chi connectivity index (χ4v) is 3.14. The number of H-pyrrole nitrogens is 2.